The molecule has 0 radical (unpaired) electrons. The molecule has 55 heavy (non-hydrogen) atoms. The number of tetrazole rings is 1. The first-order chi connectivity index (χ1) is 26.9. The normalized spacial score (nSPS) is 14.4. The number of hydrogen-bond acceptors (Lipinski definition) is 7. The SMILES string of the molecule is CCCCC1C(c2ccc(-c3ccccc3-c3nnnn3C(c3ccccc3)(c3ccccc3)c3ccccc3)cc2)=C(OC(=O)CC)N(C)N1C(=O)CC. The molecule has 0 saturated heterocycles. The number of unbranched alkanes of at least 4 members (excludes halogenated alkanes) is 1. The lowest BCUT2D eigenvalue weighted by Crippen LogP contribution is -2.45. The van der Waals surface area contributed by atoms with Crippen LogP contribution in [0.1, 0.15) is 75.1 Å². The van der Waals surface area contributed by atoms with Gasteiger partial charge in [0.1, 0.15) is 5.54 Å². The van der Waals surface area contributed by atoms with Crippen LogP contribution in [0.5, 0.6) is 0 Å². The van der Waals surface area contributed by atoms with Crippen molar-refractivity contribution in [2.24, 2.45) is 0 Å². The summed E-state index contributed by atoms with van der Waals surface area (Å²) in [6, 6.07) is 47.3. The molecule has 0 bridgehead atoms. The van der Waals surface area contributed by atoms with Gasteiger partial charge in [0.05, 0.1) is 6.04 Å². The summed E-state index contributed by atoms with van der Waals surface area (Å²) in [5.41, 5.74) is 6.66. The zero-order valence-electron chi connectivity index (χ0n) is 31.8. The van der Waals surface area contributed by atoms with Crippen LogP contribution < -0.4 is 0 Å². The fraction of sp³-hybridized carbons (Fsp3) is 0.239. The Balaban J connectivity index is 1.37. The minimum absolute atomic E-state index is 0.0236. The first-order valence-corrected chi connectivity index (χ1v) is 19.1. The molecule has 2 heterocycles. The van der Waals surface area contributed by atoms with E-state index >= 15 is 0 Å². The Bertz CT molecular complexity index is 2170. The first kappa shape index (κ1) is 37.0. The molecule has 5 aromatic carbocycles. The van der Waals surface area contributed by atoms with Crippen LogP contribution in [0.15, 0.2) is 145 Å². The van der Waals surface area contributed by atoms with Gasteiger partial charge in [0.25, 0.3) is 0 Å². The third-order valence-electron chi connectivity index (χ3n) is 10.4. The highest BCUT2D eigenvalue weighted by molar-refractivity contribution is 5.86. The van der Waals surface area contributed by atoms with Gasteiger partial charge in [-0.2, -0.15) is 0 Å². The van der Waals surface area contributed by atoms with E-state index in [1.165, 1.54) is 0 Å². The molecule has 1 aromatic heterocycles. The van der Waals surface area contributed by atoms with Gasteiger partial charge < -0.3 is 4.74 Å². The predicted molar refractivity (Wildman–Crippen MR) is 215 cm³/mol. The zero-order valence-corrected chi connectivity index (χ0v) is 31.8. The lowest BCUT2D eigenvalue weighted by molar-refractivity contribution is -0.154. The largest absolute Gasteiger partial charge is 0.407 e. The van der Waals surface area contributed by atoms with Crippen molar-refractivity contribution in [2.45, 2.75) is 64.5 Å². The molecule has 6 aromatic rings. The lowest BCUT2D eigenvalue weighted by Gasteiger charge is -2.36. The van der Waals surface area contributed by atoms with Crippen LogP contribution in [0, 0.1) is 0 Å². The number of carbonyl (C=O) groups is 2. The van der Waals surface area contributed by atoms with Crippen LogP contribution in [0.4, 0.5) is 0 Å². The number of carbonyl (C=O) groups excluding carboxylic acids is 2. The van der Waals surface area contributed by atoms with E-state index in [1.807, 2.05) is 78.3 Å². The molecule has 1 aliphatic rings. The van der Waals surface area contributed by atoms with Crippen molar-refractivity contribution in [1.29, 1.82) is 0 Å². The van der Waals surface area contributed by atoms with Gasteiger partial charge >= 0.3 is 5.97 Å². The summed E-state index contributed by atoms with van der Waals surface area (Å²) in [6.45, 7) is 5.76. The number of hydrazine groups is 1. The topological polar surface area (TPSA) is 93.4 Å². The molecule has 9 nitrogen and oxygen atoms in total. The molecular formula is C46H46N6O3. The van der Waals surface area contributed by atoms with Gasteiger partial charge in [-0.1, -0.05) is 173 Å². The number of benzene rings is 5. The number of rotatable bonds is 13. The zero-order chi connectivity index (χ0) is 38.4. The lowest BCUT2D eigenvalue weighted by atomic mass is 9.77. The molecule has 9 heteroatoms. The second-order valence-electron chi connectivity index (χ2n) is 13.7. The van der Waals surface area contributed by atoms with Gasteiger partial charge in [0.2, 0.25) is 11.8 Å². The maximum absolute atomic E-state index is 13.3. The molecule has 1 amide bonds. The summed E-state index contributed by atoms with van der Waals surface area (Å²) in [4.78, 5) is 26.0. The van der Waals surface area contributed by atoms with Crippen LogP contribution in [-0.4, -0.2) is 55.2 Å². The van der Waals surface area contributed by atoms with Crippen LogP contribution >= 0.6 is 0 Å². The quantitative estimate of drug-likeness (QED) is 0.0865. The highest BCUT2D eigenvalue weighted by atomic mass is 16.6. The maximum Gasteiger partial charge on any atom is 0.312 e. The van der Waals surface area contributed by atoms with E-state index in [0.29, 0.717) is 18.1 Å². The maximum atomic E-state index is 13.3. The van der Waals surface area contributed by atoms with E-state index in [9.17, 15) is 9.59 Å². The number of aromatic nitrogens is 4. The van der Waals surface area contributed by atoms with Crippen molar-refractivity contribution >= 4 is 17.4 Å². The van der Waals surface area contributed by atoms with Crippen molar-refractivity contribution in [3.05, 3.63) is 168 Å². The standard InChI is InChI=1S/C46H46N6O3/c1-5-8-28-40-43(45(55-42(54)7-3)50(4)51(40)41(53)6-2)34-31-29-33(30-32-34)38-26-18-19-27-39(38)44-47-48-49-52(44)46(35-20-12-9-13-21-35,36-22-14-10-15-23-36)37-24-16-11-17-25-37/h9-27,29-32,40H,5-8,28H2,1-4H3. The van der Waals surface area contributed by atoms with Gasteiger partial charge in [-0.05, 0) is 50.2 Å². The summed E-state index contributed by atoms with van der Waals surface area (Å²) in [5.74, 6) is 0.643. The minimum atomic E-state index is -0.901. The Morgan fingerprint density at radius 1 is 0.673 bits per heavy atom. The van der Waals surface area contributed by atoms with E-state index in [-0.39, 0.29) is 24.3 Å². The highest BCUT2D eigenvalue weighted by Crippen LogP contribution is 2.44. The van der Waals surface area contributed by atoms with E-state index in [2.05, 4.69) is 84.9 Å². The molecule has 0 aliphatic carbocycles. The second-order valence-corrected chi connectivity index (χ2v) is 13.7. The third-order valence-corrected chi connectivity index (χ3v) is 10.4. The fourth-order valence-electron chi connectivity index (χ4n) is 7.78. The van der Waals surface area contributed by atoms with Gasteiger partial charge in [0.15, 0.2) is 5.82 Å². The molecule has 0 spiro atoms. The molecule has 7 rings (SSSR count). The predicted octanol–water partition coefficient (Wildman–Crippen LogP) is 9.13. The van der Waals surface area contributed by atoms with E-state index in [4.69, 9.17) is 15.0 Å². The van der Waals surface area contributed by atoms with Gasteiger partial charge in [-0.15, -0.1) is 5.10 Å². The van der Waals surface area contributed by atoms with Crippen LogP contribution in [-0.2, 0) is 19.9 Å². The van der Waals surface area contributed by atoms with Crippen molar-refractivity contribution in [3.63, 3.8) is 0 Å². The van der Waals surface area contributed by atoms with Gasteiger partial charge in [-0.25, -0.2) is 9.69 Å². The molecule has 1 unspecified atom stereocenters. The van der Waals surface area contributed by atoms with Crippen molar-refractivity contribution in [3.8, 4) is 22.5 Å². The fourth-order valence-corrected chi connectivity index (χ4v) is 7.78. The Morgan fingerprint density at radius 3 is 1.73 bits per heavy atom. The van der Waals surface area contributed by atoms with Crippen molar-refractivity contribution in [1.82, 2.24) is 30.2 Å². The Labute approximate surface area is 322 Å². The average Bonchev–Trinajstić information content (AvgIpc) is 3.84. The Hall–Kier alpha value is -6.35. The van der Waals surface area contributed by atoms with Gasteiger partial charge in [0, 0.05) is 31.0 Å². The van der Waals surface area contributed by atoms with Crippen LogP contribution in [0.3, 0.4) is 0 Å². The molecule has 0 N–H and O–H groups in total. The molecule has 278 valence electrons. The van der Waals surface area contributed by atoms with E-state index in [1.54, 1.807) is 24.0 Å². The summed E-state index contributed by atoms with van der Waals surface area (Å²) in [5, 5.41) is 17.3. The monoisotopic (exact) mass is 730 g/mol. The molecule has 1 aliphatic heterocycles. The summed E-state index contributed by atoms with van der Waals surface area (Å²) < 4.78 is 7.91. The Kier molecular flexibility index (Phi) is 11.0. The summed E-state index contributed by atoms with van der Waals surface area (Å²) >= 11 is 0. The van der Waals surface area contributed by atoms with Crippen molar-refractivity contribution < 1.29 is 14.3 Å². The number of esters is 1. The number of hydrogen-bond donors (Lipinski definition) is 0. The number of nitrogens with zero attached hydrogens (tertiary/aromatic N) is 6. The molecule has 1 atom stereocenters. The van der Waals surface area contributed by atoms with Crippen molar-refractivity contribution in [2.75, 3.05) is 7.05 Å². The summed E-state index contributed by atoms with van der Waals surface area (Å²) in [7, 11) is 1.80. The molecule has 0 saturated carbocycles. The van der Waals surface area contributed by atoms with E-state index in [0.717, 1.165) is 63.8 Å². The summed E-state index contributed by atoms with van der Waals surface area (Å²) in [6.07, 6.45) is 3.20. The second kappa shape index (κ2) is 16.3. The number of ether oxygens (including phenoxy) is 1. The average molecular weight is 731 g/mol. The first-order valence-electron chi connectivity index (χ1n) is 19.1. The molecular weight excluding hydrogens is 685 g/mol. The Morgan fingerprint density at radius 2 is 1.20 bits per heavy atom. The number of amides is 1. The van der Waals surface area contributed by atoms with E-state index < -0.39 is 5.54 Å². The third kappa shape index (κ3) is 6.82. The molecule has 0 fully saturated rings. The highest BCUT2D eigenvalue weighted by Gasteiger charge is 2.43. The minimum Gasteiger partial charge on any atom is -0.407 e. The van der Waals surface area contributed by atoms with Gasteiger partial charge in [-0.3, -0.25) is 14.6 Å². The van der Waals surface area contributed by atoms with Crippen LogP contribution in [0.2, 0.25) is 0 Å². The van der Waals surface area contributed by atoms with Crippen LogP contribution in [0.25, 0.3) is 28.1 Å². The smallest absolute Gasteiger partial charge is 0.312 e.